The number of carbonyl (C=O) groups is 2. The van der Waals surface area contributed by atoms with Crippen LogP contribution >= 0.6 is 46.4 Å². The normalized spacial score (nSPS) is 48.4. The Kier molecular flexibility index (Phi) is 3.89. The first-order valence-corrected chi connectivity index (χ1v) is 8.19. The van der Waals surface area contributed by atoms with Gasteiger partial charge in [0.05, 0.1) is 32.7 Å². The lowest BCUT2D eigenvalue weighted by atomic mass is 9.64. The SMILES string of the molecule is O=C(O)C1C(C(=O)O)[C@@H]2C[C@@H]1C1C(Cl)C(Cl)=C(Cl)C(Cl)C12. The molecule has 0 aromatic heterocycles. The monoisotopic (exact) mass is 372 g/mol. The summed E-state index contributed by atoms with van der Waals surface area (Å²) in [5, 5.41) is 18.1. The van der Waals surface area contributed by atoms with E-state index in [2.05, 4.69) is 0 Å². The van der Waals surface area contributed by atoms with E-state index in [1.54, 1.807) is 0 Å². The van der Waals surface area contributed by atoms with Gasteiger partial charge in [0.25, 0.3) is 0 Å². The van der Waals surface area contributed by atoms with Gasteiger partial charge in [-0.2, -0.15) is 0 Å². The zero-order valence-corrected chi connectivity index (χ0v) is 13.6. The van der Waals surface area contributed by atoms with Gasteiger partial charge in [-0.25, -0.2) is 0 Å². The lowest BCUT2D eigenvalue weighted by molar-refractivity contribution is -0.158. The van der Waals surface area contributed by atoms with Crippen LogP contribution in [0.25, 0.3) is 0 Å². The molecule has 2 N–H and O–H groups in total. The first-order valence-electron chi connectivity index (χ1n) is 6.56. The number of halogens is 4. The van der Waals surface area contributed by atoms with Crippen molar-refractivity contribution in [3.63, 3.8) is 0 Å². The first-order chi connectivity index (χ1) is 9.77. The lowest BCUT2D eigenvalue weighted by Crippen LogP contribution is -2.49. The molecule has 0 radical (unpaired) electrons. The maximum Gasteiger partial charge on any atom is 0.307 e. The number of carboxylic acid groups (broad SMARTS) is 2. The molecule has 3 aliphatic rings. The van der Waals surface area contributed by atoms with Gasteiger partial charge in [-0.15, -0.1) is 23.2 Å². The maximum atomic E-state index is 11.5. The zero-order chi connectivity index (χ0) is 15.6. The largest absolute Gasteiger partial charge is 0.481 e. The Morgan fingerprint density at radius 3 is 1.48 bits per heavy atom. The molecule has 0 saturated heterocycles. The van der Waals surface area contributed by atoms with Crippen LogP contribution in [0.2, 0.25) is 0 Å². The molecule has 0 amide bonds. The number of alkyl halides is 2. The quantitative estimate of drug-likeness (QED) is 0.729. The Bertz CT molecular complexity index is 502. The molecule has 4 nitrogen and oxygen atoms in total. The van der Waals surface area contributed by atoms with Gasteiger partial charge in [0.2, 0.25) is 0 Å². The highest BCUT2D eigenvalue weighted by molar-refractivity contribution is 6.46. The number of hydrogen-bond donors (Lipinski definition) is 2. The summed E-state index contributed by atoms with van der Waals surface area (Å²) in [6, 6.07) is 0. The second-order valence-electron chi connectivity index (χ2n) is 5.95. The summed E-state index contributed by atoms with van der Waals surface area (Å²) in [4.78, 5) is 23.0. The average molecular weight is 374 g/mol. The molecule has 3 aliphatic carbocycles. The number of hydrogen-bond acceptors (Lipinski definition) is 2. The number of rotatable bonds is 2. The second kappa shape index (κ2) is 5.19. The summed E-state index contributed by atoms with van der Waals surface area (Å²) >= 11 is 24.9. The number of allylic oxidation sites excluding steroid dienone is 2. The molecule has 0 aromatic rings. The second-order valence-corrected chi connectivity index (χ2v) is 7.70. The molecule has 2 saturated carbocycles. The van der Waals surface area contributed by atoms with Crippen LogP contribution < -0.4 is 0 Å². The topological polar surface area (TPSA) is 74.6 Å². The van der Waals surface area contributed by atoms with Gasteiger partial charge >= 0.3 is 11.9 Å². The van der Waals surface area contributed by atoms with Crippen LogP contribution in [0, 0.1) is 35.5 Å². The van der Waals surface area contributed by atoms with Gasteiger partial charge in [-0.1, -0.05) is 23.2 Å². The maximum absolute atomic E-state index is 11.5. The van der Waals surface area contributed by atoms with Crippen molar-refractivity contribution in [3.8, 4) is 0 Å². The molecular weight excluding hydrogens is 362 g/mol. The van der Waals surface area contributed by atoms with Gasteiger partial charge in [-0.05, 0) is 30.1 Å². The van der Waals surface area contributed by atoms with Gasteiger partial charge in [0.15, 0.2) is 0 Å². The summed E-state index contributed by atoms with van der Waals surface area (Å²) in [6.07, 6.45) is 0.490. The van der Waals surface area contributed by atoms with Crippen LogP contribution in [0.1, 0.15) is 6.42 Å². The number of carboxylic acids is 2. The Balaban J connectivity index is 2.06. The summed E-state index contributed by atoms with van der Waals surface area (Å²) in [6.45, 7) is 0. The Morgan fingerprint density at radius 2 is 1.19 bits per heavy atom. The van der Waals surface area contributed by atoms with Crippen LogP contribution in [0.4, 0.5) is 0 Å². The van der Waals surface area contributed by atoms with Crippen molar-refractivity contribution in [2.45, 2.75) is 17.2 Å². The van der Waals surface area contributed by atoms with Crippen LogP contribution in [-0.2, 0) is 9.59 Å². The molecule has 6 unspecified atom stereocenters. The molecule has 21 heavy (non-hydrogen) atoms. The fourth-order valence-electron chi connectivity index (χ4n) is 4.60. The Labute approximate surface area is 141 Å². The molecule has 2 fully saturated rings. The van der Waals surface area contributed by atoms with E-state index in [0.717, 1.165) is 0 Å². The number of aliphatic carboxylic acids is 2. The molecule has 2 bridgehead atoms. The highest BCUT2D eigenvalue weighted by Crippen LogP contribution is 2.65. The minimum absolute atomic E-state index is 0.245. The molecule has 0 aromatic carbocycles. The van der Waals surface area contributed by atoms with Gasteiger partial charge in [0.1, 0.15) is 0 Å². The van der Waals surface area contributed by atoms with E-state index in [1.165, 1.54) is 0 Å². The average Bonchev–Trinajstić information content (AvgIpc) is 2.97. The summed E-state index contributed by atoms with van der Waals surface area (Å²) in [5.41, 5.74) is 0. The fraction of sp³-hybridized carbons (Fsp3) is 0.692. The third-order valence-corrected chi connectivity index (χ3v) is 7.46. The predicted molar refractivity (Wildman–Crippen MR) is 78.8 cm³/mol. The molecule has 116 valence electrons. The number of fused-ring (bicyclic) bond motifs is 5. The minimum Gasteiger partial charge on any atom is -0.481 e. The van der Waals surface area contributed by atoms with E-state index < -0.39 is 34.5 Å². The molecule has 0 aliphatic heterocycles. The van der Waals surface area contributed by atoms with Crippen LogP contribution in [0.5, 0.6) is 0 Å². The highest BCUT2D eigenvalue weighted by atomic mass is 35.5. The fourth-order valence-corrected chi connectivity index (χ4v) is 6.19. The molecular formula is C13H12Cl4O4. The van der Waals surface area contributed by atoms with Gasteiger partial charge in [-0.3, -0.25) is 9.59 Å². The van der Waals surface area contributed by atoms with Crippen LogP contribution in [-0.4, -0.2) is 32.9 Å². The van der Waals surface area contributed by atoms with Crippen molar-refractivity contribution in [2.24, 2.45) is 35.5 Å². The van der Waals surface area contributed by atoms with Crippen molar-refractivity contribution >= 4 is 58.3 Å². The molecule has 8 atom stereocenters. The van der Waals surface area contributed by atoms with E-state index in [0.29, 0.717) is 6.42 Å². The van der Waals surface area contributed by atoms with Crippen molar-refractivity contribution in [1.29, 1.82) is 0 Å². The summed E-state index contributed by atoms with van der Waals surface area (Å²) < 4.78 is 0. The van der Waals surface area contributed by atoms with Crippen LogP contribution in [0.15, 0.2) is 10.1 Å². The summed E-state index contributed by atoms with van der Waals surface area (Å²) in [7, 11) is 0. The van der Waals surface area contributed by atoms with E-state index in [-0.39, 0.29) is 33.7 Å². The van der Waals surface area contributed by atoms with Crippen molar-refractivity contribution in [3.05, 3.63) is 10.1 Å². The zero-order valence-electron chi connectivity index (χ0n) is 10.5. The van der Waals surface area contributed by atoms with Crippen molar-refractivity contribution in [2.75, 3.05) is 0 Å². The predicted octanol–water partition coefficient (Wildman–Crippen LogP) is 3.19. The van der Waals surface area contributed by atoms with Crippen LogP contribution in [0.3, 0.4) is 0 Å². The van der Waals surface area contributed by atoms with E-state index in [4.69, 9.17) is 46.4 Å². The Morgan fingerprint density at radius 1 is 0.857 bits per heavy atom. The van der Waals surface area contributed by atoms with Gasteiger partial charge < -0.3 is 10.2 Å². The van der Waals surface area contributed by atoms with Gasteiger partial charge in [0, 0.05) is 0 Å². The van der Waals surface area contributed by atoms with E-state index in [9.17, 15) is 19.8 Å². The lowest BCUT2D eigenvalue weighted by Gasteiger charge is -2.44. The first kappa shape index (κ1) is 15.7. The molecule has 3 rings (SSSR count). The van der Waals surface area contributed by atoms with Crippen molar-refractivity contribution in [1.82, 2.24) is 0 Å². The molecule has 8 heteroatoms. The minimum atomic E-state index is -1.10. The van der Waals surface area contributed by atoms with E-state index >= 15 is 0 Å². The van der Waals surface area contributed by atoms with Crippen molar-refractivity contribution < 1.29 is 19.8 Å². The third-order valence-electron chi connectivity index (χ3n) is 5.25. The highest BCUT2D eigenvalue weighted by Gasteiger charge is 2.67. The molecule has 0 spiro atoms. The van der Waals surface area contributed by atoms with E-state index in [1.807, 2.05) is 0 Å². The summed E-state index contributed by atoms with van der Waals surface area (Å²) in [5.74, 6) is -5.24. The molecule has 0 heterocycles. The smallest absolute Gasteiger partial charge is 0.307 e. The Hall–Kier alpha value is -0.160. The standard InChI is InChI=1S/C13H12Cl4O4/c14-8-4-2-1-3(5(4)9(15)11(17)10(8)16)7(13(20)21)6(2)12(18)19/h2-9H,1H2,(H,18,19)(H,20,21)/t2-,3-,4?,5?,6?,7?,8?,9?/m1/s1. The third kappa shape index (κ3) is 2.03.